The Hall–Kier alpha value is -0.540. The molecule has 0 N–H and O–H groups in total. The van der Waals surface area contributed by atoms with Crippen LogP contribution in [0.25, 0.3) is 0 Å². The highest BCUT2D eigenvalue weighted by molar-refractivity contribution is 9.10. The van der Waals surface area contributed by atoms with Crippen LogP contribution in [0.15, 0.2) is 16.6 Å². The van der Waals surface area contributed by atoms with Gasteiger partial charge in [-0.05, 0) is 34.5 Å². The van der Waals surface area contributed by atoms with E-state index in [4.69, 9.17) is 11.6 Å². The van der Waals surface area contributed by atoms with Crippen molar-refractivity contribution in [2.24, 2.45) is 0 Å². The van der Waals surface area contributed by atoms with Crippen molar-refractivity contribution in [3.05, 3.63) is 32.8 Å². The zero-order valence-electron chi connectivity index (χ0n) is 7.23. The number of methoxy groups -OCH3 is 1. The Morgan fingerprint density at radius 3 is 2.69 bits per heavy atom. The third-order valence-corrected chi connectivity index (χ3v) is 2.82. The van der Waals surface area contributed by atoms with Crippen molar-refractivity contribution in [1.82, 2.24) is 0 Å². The van der Waals surface area contributed by atoms with Crippen molar-refractivity contribution in [1.29, 1.82) is 0 Å². The Balaban J connectivity index is 3.33. The molecule has 0 aliphatic rings. The number of benzene rings is 1. The summed E-state index contributed by atoms with van der Waals surface area (Å²) in [7, 11) is 1.33. The molecule has 0 spiro atoms. The zero-order chi connectivity index (χ0) is 10.0. The molecule has 0 saturated carbocycles. The quantitative estimate of drug-likeness (QED) is 0.727. The molecule has 0 amide bonds. The Morgan fingerprint density at radius 2 is 2.15 bits per heavy atom. The summed E-state index contributed by atoms with van der Waals surface area (Å²) in [4.78, 5) is 11.3. The summed E-state index contributed by atoms with van der Waals surface area (Å²) in [6.45, 7) is 1.83. The number of hydrogen-bond donors (Lipinski definition) is 0. The number of esters is 1. The standard InChI is InChI=1S/C9H8BrClO2/c1-5-3-4-6(10)7(8(5)11)9(12)13-2/h3-4H,1-2H3. The van der Waals surface area contributed by atoms with E-state index in [1.165, 1.54) is 7.11 Å². The van der Waals surface area contributed by atoms with Crippen LogP contribution in [-0.4, -0.2) is 13.1 Å². The highest BCUT2D eigenvalue weighted by atomic mass is 79.9. The fourth-order valence-electron chi connectivity index (χ4n) is 0.946. The van der Waals surface area contributed by atoms with Gasteiger partial charge >= 0.3 is 5.97 Å². The van der Waals surface area contributed by atoms with Gasteiger partial charge in [-0.15, -0.1) is 0 Å². The molecular weight excluding hydrogens is 255 g/mol. The lowest BCUT2D eigenvalue weighted by molar-refractivity contribution is 0.0600. The van der Waals surface area contributed by atoms with Gasteiger partial charge in [-0.1, -0.05) is 17.7 Å². The third-order valence-electron chi connectivity index (χ3n) is 1.67. The molecular formula is C9H8BrClO2. The maximum absolute atomic E-state index is 11.3. The Labute approximate surface area is 90.0 Å². The van der Waals surface area contributed by atoms with Crippen LogP contribution in [0.4, 0.5) is 0 Å². The smallest absolute Gasteiger partial charge is 0.340 e. The Bertz CT molecular complexity index is 350. The van der Waals surface area contributed by atoms with E-state index in [0.29, 0.717) is 15.1 Å². The lowest BCUT2D eigenvalue weighted by Gasteiger charge is -2.06. The largest absolute Gasteiger partial charge is 0.465 e. The van der Waals surface area contributed by atoms with Crippen LogP contribution in [0.5, 0.6) is 0 Å². The Morgan fingerprint density at radius 1 is 1.54 bits per heavy atom. The lowest BCUT2D eigenvalue weighted by atomic mass is 10.1. The van der Waals surface area contributed by atoms with Crippen LogP contribution < -0.4 is 0 Å². The zero-order valence-corrected chi connectivity index (χ0v) is 9.57. The van der Waals surface area contributed by atoms with Gasteiger partial charge in [0, 0.05) is 4.47 Å². The summed E-state index contributed by atoms with van der Waals surface area (Å²) in [5.74, 6) is -0.430. The molecule has 0 aromatic heterocycles. The van der Waals surface area contributed by atoms with Gasteiger partial charge in [-0.3, -0.25) is 0 Å². The number of carbonyl (C=O) groups excluding carboxylic acids is 1. The summed E-state index contributed by atoms with van der Waals surface area (Å²) in [6.07, 6.45) is 0. The molecule has 0 aliphatic carbocycles. The summed E-state index contributed by atoms with van der Waals surface area (Å²) >= 11 is 9.18. The second-order valence-corrected chi connectivity index (χ2v) is 3.78. The summed E-state index contributed by atoms with van der Waals surface area (Å²) < 4.78 is 5.25. The average Bonchev–Trinajstić information content (AvgIpc) is 2.12. The van der Waals surface area contributed by atoms with Gasteiger partial charge in [-0.25, -0.2) is 4.79 Å². The molecule has 4 heteroatoms. The van der Waals surface area contributed by atoms with E-state index in [1.807, 2.05) is 13.0 Å². The first-order chi connectivity index (χ1) is 6.07. The molecule has 1 aromatic rings. The second kappa shape index (κ2) is 4.11. The topological polar surface area (TPSA) is 26.3 Å². The molecule has 0 fully saturated rings. The number of ether oxygens (including phenoxy) is 1. The molecule has 1 aromatic carbocycles. The van der Waals surface area contributed by atoms with Crippen LogP contribution >= 0.6 is 27.5 Å². The van der Waals surface area contributed by atoms with Gasteiger partial charge in [0.2, 0.25) is 0 Å². The first-order valence-electron chi connectivity index (χ1n) is 3.61. The van der Waals surface area contributed by atoms with Crippen molar-refractivity contribution in [2.45, 2.75) is 6.92 Å². The second-order valence-electron chi connectivity index (χ2n) is 2.54. The van der Waals surface area contributed by atoms with Crippen molar-refractivity contribution < 1.29 is 9.53 Å². The number of rotatable bonds is 1. The molecule has 0 heterocycles. The number of carbonyl (C=O) groups is 1. The van der Waals surface area contributed by atoms with Crippen molar-refractivity contribution >= 4 is 33.5 Å². The minimum Gasteiger partial charge on any atom is -0.465 e. The van der Waals surface area contributed by atoms with Gasteiger partial charge < -0.3 is 4.74 Å². The van der Waals surface area contributed by atoms with E-state index >= 15 is 0 Å². The minimum absolute atomic E-state index is 0.379. The summed E-state index contributed by atoms with van der Waals surface area (Å²) in [6, 6.07) is 3.60. The molecule has 70 valence electrons. The van der Waals surface area contributed by atoms with Gasteiger partial charge in [-0.2, -0.15) is 0 Å². The first kappa shape index (κ1) is 10.5. The molecule has 0 unspecified atom stereocenters. The predicted molar refractivity (Wildman–Crippen MR) is 55.2 cm³/mol. The first-order valence-corrected chi connectivity index (χ1v) is 4.78. The van der Waals surface area contributed by atoms with Crippen LogP contribution in [0.2, 0.25) is 5.02 Å². The number of halogens is 2. The van der Waals surface area contributed by atoms with E-state index in [-0.39, 0.29) is 0 Å². The molecule has 0 radical (unpaired) electrons. The molecule has 1 rings (SSSR count). The van der Waals surface area contributed by atoms with Gasteiger partial charge in [0.15, 0.2) is 0 Å². The molecule has 0 aliphatic heterocycles. The van der Waals surface area contributed by atoms with Crippen molar-refractivity contribution in [3.63, 3.8) is 0 Å². The molecule has 0 bridgehead atoms. The number of hydrogen-bond acceptors (Lipinski definition) is 2. The highest BCUT2D eigenvalue weighted by Gasteiger charge is 2.15. The normalized spacial score (nSPS) is 9.85. The summed E-state index contributed by atoms with van der Waals surface area (Å²) in [5.41, 5.74) is 1.23. The average molecular weight is 264 g/mol. The van der Waals surface area contributed by atoms with Crippen LogP contribution in [0.1, 0.15) is 15.9 Å². The summed E-state index contributed by atoms with van der Waals surface area (Å²) in [5, 5.41) is 0.432. The van der Waals surface area contributed by atoms with Crippen LogP contribution in [-0.2, 0) is 4.74 Å². The van der Waals surface area contributed by atoms with E-state index in [1.54, 1.807) is 6.07 Å². The fraction of sp³-hybridized carbons (Fsp3) is 0.222. The minimum atomic E-state index is -0.430. The number of aryl methyl sites for hydroxylation is 1. The predicted octanol–water partition coefficient (Wildman–Crippen LogP) is 3.20. The van der Waals surface area contributed by atoms with E-state index < -0.39 is 5.97 Å². The maximum Gasteiger partial charge on any atom is 0.340 e. The van der Waals surface area contributed by atoms with Crippen LogP contribution in [0, 0.1) is 6.92 Å². The monoisotopic (exact) mass is 262 g/mol. The van der Waals surface area contributed by atoms with E-state index in [2.05, 4.69) is 20.7 Å². The van der Waals surface area contributed by atoms with Gasteiger partial charge in [0.1, 0.15) is 0 Å². The van der Waals surface area contributed by atoms with Gasteiger partial charge in [0.05, 0.1) is 17.7 Å². The lowest BCUT2D eigenvalue weighted by Crippen LogP contribution is -2.04. The molecule has 13 heavy (non-hydrogen) atoms. The van der Waals surface area contributed by atoms with Crippen LogP contribution in [0.3, 0.4) is 0 Å². The SMILES string of the molecule is COC(=O)c1c(Br)ccc(C)c1Cl. The highest BCUT2D eigenvalue weighted by Crippen LogP contribution is 2.28. The Kier molecular flexibility index (Phi) is 3.33. The molecule has 0 atom stereocenters. The van der Waals surface area contributed by atoms with E-state index in [0.717, 1.165) is 5.56 Å². The van der Waals surface area contributed by atoms with E-state index in [9.17, 15) is 4.79 Å². The van der Waals surface area contributed by atoms with Gasteiger partial charge in [0.25, 0.3) is 0 Å². The van der Waals surface area contributed by atoms with Crippen molar-refractivity contribution in [2.75, 3.05) is 7.11 Å². The fourth-order valence-corrected chi connectivity index (χ4v) is 1.79. The van der Waals surface area contributed by atoms with Crippen molar-refractivity contribution in [3.8, 4) is 0 Å². The molecule has 2 nitrogen and oxygen atoms in total. The maximum atomic E-state index is 11.3. The third kappa shape index (κ3) is 2.03. The molecule has 0 saturated heterocycles.